The summed E-state index contributed by atoms with van der Waals surface area (Å²) in [7, 11) is 0. The van der Waals surface area contributed by atoms with E-state index in [1.54, 1.807) is 24.4 Å². The van der Waals surface area contributed by atoms with Crippen LogP contribution < -0.4 is 20.3 Å². The first kappa shape index (κ1) is 22.8. The number of nitrogens with one attached hydrogen (secondary N) is 2. The molecule has 0 spiro atoms. The van der Waals surface area contributed by atoms with Gasteiger partial charge in [-0.25, -0.2) is 18.6 Å². The number of amides is 2. The maximum atomic E-state index is 14.6. The highest BCUT2D eigenvalue weighted by atomic mass is 35.5. The van der Waals surface area contributed by atoms with E-state index in [1.807, 2.05) is 0 Å². The van der Waals surface area contributed by atoms with Crippen LogP contribution >= 0.6 is 11.6 Å². The summed E-state index contributed by atoms with van der Waals surface area (Å²) in [6.07, 6.45) is 4.05. The molecule has 0 bridgehead atoms. The van der Waals surface area contributed by atoms with Crippen molar-refractivity contribution in [2.24, 2.45) is 0 Å². The molecule has 0 atom stereocenters. The lowest BCUT2D eigenvalue weighted by Gasteiger charge is -2.16. The van der Waals surface area contributed by atoms with Gasteiger partial charge in [0, 0.05) is 30.9 Å². The molecule has 1 fully saturated rings. The molecule has 5 rings (SSSR count). The number of ether oxygens (including phenoxy) is 1. The third-order valence-corrected chi connectivity index (χ3v) is 5.84. The lowest BCUT2D eigenvalue weighted by Crippen LogP contribution is -2.20. The van der Waals surface area contributed by atoms with Crippen LogP contribution in [0.2, 0.25) is 5.02 Å². The molecule has 0 unspecified atom stereocenters. The van der Waals surface area contributed by atoms with E-state index >= 15 is 0 Å². The fourth-order valence-corrected chi connectivity index (χ4v) is 3.92. The summed E-state index contributed by atoms with van der Waals surface area (Å²) in [6, 6.07) is 12.4. The van der Waals surface area contributed by atoms with Gasteiger partial charge < -0.3 is 20.3 Å². The van der Waals surface area contributed by atoms with E-state index in [1.165, 1.54) is 24.3 Å². The van der Waals surface area contributed by atoms with Gasteiger partial charge in [0.2, 0.25) is 0 Å². The van der Waals surface area contributed by atoms with Crippen LogP contribution in [0.25, 0.3) is 11.0 Å². The zero-order valence-corrected chi connectivity index (χ0v) is 19.1. The van der Waals surface area contributed by atoms with Crippen molar-refractivity contribution in [2.75, 3.05) is 28.6 Å². The predicted molar refractivity (Wildman–Crippen MR) is 132 cm³/mol. The molecule has 2 heterocycles. The molecular formula is C25H20ClF2N5O2. The molecule has 1 aliphatic heterocycles. The second-order valence-electron chi connectivity index (χ2n) is 8.02. The zero-order chi connectivity index (χ0) is 24.4. The summed E-state index contributed by atoms with van der Waals surface area (Å²) in [5, 5.41) is 4.73. The van der Waals surface area contributed by atoms with Crippen molar-refractivity contribution in [2.45, 2.75) is 12.8 Å². The van der Waals surface area contributed by atoms with Gasteiger partial charge in [-0.2, -0.15) is 0 Å². The molecule has 4 aromatic rings. The van der Waals surface area contributed by atoms with Crippen LogP contribution in [-0.4, -0.2) is 29.1 Å². The number of benzene rings is 3. The minimum Gasteiger partial charge on any atom is -0.457 e. The van der Waals surface area contributed by atoms with Gasteiger partial charge in [-0.1, -0.05) is 11.6 Å². The smallest absolute Gasteiger partial charge is 0.323 e. The Kier molecular flexibility index (Phi) is 6.33. The van der Waals surface area contributed by atoms with Crippen LogP contribution in [0, 0.1) is 11.6 Å². The third kappa shape index (κ3) is 5.25. The topological polar surface area (TPSA) is 79.4 Å². The Balaban J connectivity index is 1.27. The van der Waals surface area contributed by atoms with Gasteiger partial charge in [0.05, 0.1) is 27.9 Å². The van der Waals surface area contributed by atoms with Crippen molar-refractivity contribution in [1.82, 2.24) is 9.97 Å². The Morgan fingerprint density at radius 3 is 2.46 bits per heavy atom. The summed E-state index contributed by atoms with van der Waals surface area (Å²) < 4.78 is 34.0. The normalized spacial score (nSPS) is 13.2. The van der Waals surface area contributed by atoms with Crippen molar-refractivity contribution in [1.29, 1.82) is 0 Å². The number of anilines is 3. The number of halogens is 3. The Bertz CT molecular complexity index is 1410. The van der Waals surface area contributed by atoms with Crippen molar-refractivity contribution in [3.63, 3.8) is 0 Å². The predicted octanol–water partition coefficient (Wildman–Crippen LogP) is 6.60. The van der Waals surface area contributed by atoms with Crippen LogP contribution in [0.1, 0.15) is 12.8 Å². The Labute approximate surface area is 204 Å². The molecule has 10 heteroatoms. The SMILES string of the molecule is O=C(Nc1ccc(Cl)c(F)c1)Nc1ccc(Oc2ccc3ncc(N4CCCC4)nc3c2)cc1F. The lowest BCUT2D eigenvalue weighted by atomic mass is 10.2. The van der Waals surface area contributed by atoms with Crippen LogP contribution in [-0.2, 0) is 0 Å². The van der Waals surface area contributed by atoms with Gasteiger partial charge in [0.25, 0.3) is 0 Å². The van der Waals surface area contributed by atoms with E-state index in [-0.39, 0.29) is 22.1 Å². The quantitative estimate of drug-likeness (QED) is 0.326. The number of urea groups is 1. The van der Waals surface area contributed by atoms with E-state index < -0.39 is 17.7 Å². The molecule has 0 aliphatic carbocycles. The number of carbonyl (C=O) groups is 1. The average Bonchev–Trinajstić information content (AvgIpc) is 3.38. The first-order valence-electron chi connectivity index (χ1n) is 11.0. The number of aromatic nitrogens is 2. The minimum absolute atomic E-state index is 0.0658. The lowest BCUT2D eigenvalue weighted by molar-refractivity contribution is 0.262. The maximum absolute atomic E-state index is 14.6. The second-order valence-corrected chi connectivity index (χ2v) is 8.43. The number of hydrogen-bond acceptors (Lipinski definition) is 5. The Morgan fingerprint density at radius 2 is 1.69 bits per heavy atom. The van der Waals surface area contributed by atoms with Crippen molar-refractivity contribution < 1.29 is 18.3 Å². The third-order valence-electron chi connectivity index (χ3n) is 5.53. The van der Waals surface area contributed by atoms with Crippen LogP contribution in [0.15, 0.2) is 60.8 Å². The van der Waals surface area contributed by atoms with Gasteiger partial charge in [-0.05, 0) is 55.3 Å². The van der Waals surface area contributed by atoms with E-state index in [9.17, 15) is 13.6 Å². The van der Waals surface area contributed by atoms with Gasteiger partial charge in [-0.15, -0.1) is 0 Å². The highest BCUT2D eigenvalue weighted by Crippen LogP contribution is 2.28. The standard InChI is InChI=1S/C25H20ClF2N5O2/c26-18-6-3-15(11-19(18)27)30-25(34)32-21-7-4-16(12-20(21)28)35-17-5-8-22-23(13-17)31-24(14-29-22)33-9-1-2-10-33/h3-8,11-14H,1-2,9-10H2,(H2,30,32,34). The molecule has 35 heavy (non-hydrogen) atoms. The number of fused-ring (bicyclic) bond motifs is 1. The zero-order valence-electron chi connectivity index (χ0n) is 18.4. The van der Waals surface area contributed by atoms with Crippen molar-refractivity contribution in [3.05, 3.63) is 77.5 Å². The highest BCUT2D eigenvalue weighted by molar-refractivity contribution is 6.30. The highest BCUT2D eigenvalue weighted by Gasteiger charge is 2.15. The fourth-order valence-electron chi connectivity index (χ4n) is 3.80. The van der Waals surface area contributed by atoms with Crippen LogP contribution in [0.3, 0.4) is 0 Å². The largest absolute Gasteiger partial charge is 0.457 e. The van der Waals surface area contributed by atoms with Crippen molar-refractivity contribution >= 4 is 45.9 Å². The first-order chi connectivity index (χ1) is 16.9. The molecule has 2 amide bonds. The van der Waals surface area contributed by atoms with Gasteiger partial charge in [-0.3, -0.25) is 4.98 Å². The van der Waals surface area contributed by atoms with Crippen LogP contribution in [0.4, 0.5) is 30.8 Å². The molecule has 2 N–H and O–H groups in total. The molecule has 0 saturated carbocycles. The van der Waals surface area contributed by atoms with Crippen molar-refractivity contribution in [3.8, 4) is 11.5 Å². The summed E-state index contributed by atoms with van der Waals surface area (Å²) in [5.41, 5.74) is 1.53. The molecule has 3 aromatic carbocycles. The average molecular weight is 496 g/mol. The number of hydrogen-bond donors (Lipinski definition) is 2. The van der Waals surface area contributed by atoms with E-state index in [2.05, 4.69) is 20.5 Å². The summed E-state index contributed by atoms with van der Waals surface area (Å²) in [5.74, 6) is 0.179. The summed E-state index contributed by atoms with van der Waals surface area (Å²) >= 11 is 5.63. The molecular weight excluding hydrogens is 476 g/mol. The van der Waals surface area contributed by atoms with Gasteiger partial charge in [0.1, 0.15) is 29.0 Å². The second kappa shape index (κ2) is 9.71. The monoisotopic (exact) mass is 495 g/mol. The number of carbonyl (C=O) groups excluding carboxylic acids is 1. The summed E-state index contributed by atoms with van der Waals surface area (Å²) in [4.78, 5) is 23.5. The Hall–Kier alpha value is -3.98. The minimum atomic E-state index is -0.735. The fraction of sp³-hybridized carbons (Fsp3) is 0.160. The molecule has 1 aromatic heterocycles. The summed E-state index contributed by atoms with van der Waals surface area (Å²) in [6.45, 7) is 1.93. The molecule has 0 radical (unpaired) electrons. The molecule has 178 valence electrons. The molecule has 1 aliphatic rings. The van der Waals surface area contributed by atoms with E-state index in [0.29, 0.717) is 11.3 Å². The van der Waals surface area contributed by atoms with E-state index in [4.69, 9.17) is 21.3 Å². The first-order valence-corrected chi connectivity index (χ1v) is 11.3. The molecule has 1 saturated heterocycles. The number of rotatable bonds is 5. The van der Waals surface area contributed by atoms with Gasteiger partial charge >= 0.3 is 6.03 Å². The van der Waals surface area contributed by atoms with Crippen LogP contribution in [0.5, 0.6) is 11.5 Å². The Morgan fingerprint density at radius 1 is 0.914 bits per heavy atom. The van der Waals surface area contributed by atoms with Gasteiger partial charge in [0.15, 0.2) is 0 Å². The number of nitrogens with zero attached hydrogens (tertiary/aromatic N) is 3. The van der Waals surface area contributed by atoms with E-state index in [0.717, 1.165) is 49.4 Å². The molecule has 7 nitrogen and oxygen atoms in total. The maximum Gasteiger partial charge on any atom is 0.323 e.